The highest BCUT2D eigenvalue weighted by molar-refractivity contribution is 5.83. The van der Waals surface area contributed by atoms with E-state index in [-0.39, 0.29) is 17.9 Å². The molecule has 0 aliphatic carbocycles. The molecule has 150 valence electrons. The van der Waals surface area contributed by atoms with Crippen molar-refractivity contribution in [2.45, 2.75) is 52.5 Å². The van der Waals surface area contributed by atoms with Crippen molar-refractivity contribution in [1.82, 2.24) is 15.1 Å². The average Bonchev–Trinajstić information content (AvgIpc) is 2.69. The SMILES string of the molecule is CCCC(=O)NCC1CCCN(C(C(=O)N(CC)CC)c2ccccc2)C1. The van der Waals surface area contributed by atoms with Crippen molar-refractivity contribution < 1.29 is 9.59 Å². The Balaban J connectivity index is 2.12. The number of likely N-dealkylation sites (tertiary alicyclic amines) is 1. The van der Waals surface area contributed by atoms with E-state index in [1.54, 1.807) is 0 Å². The van der Waals surface area contributed by atoms with E-state index in [0.717, 1.165) is 51.0 Å². The molecule has 27 heavy (non-hydrogen) atoms. The van der Waals surface area contributed by atoms with E-state index in [2.05, 4.69) is 22.3 Å². The number of likely N-dealkylation sites (N-methyl/N-ethyl adjacent to an activating group) is 1. The Morgan fingerprint density at radius 1 is 1.19 bits per heavy atom. The molecule has 1 aromatic rings. The molecule has 2 unspecified atom stereocenters. The summed E-state index contributed by atoms with van der Waals surface area (Å²) < 4.78 is 0. The Bertz CT molecular complexity index is 586. The van der Waals surface area contributed by atoms with Crippen LogP contribution in [0.3, 0.4) is 0 Å². The molecule has 5 nitrogen and oxygen atoms in total. The summed E-state index contributed by atoms with van der Waals surface area (Å²) in [6.07, 6.45) is 3.62. The smallest absolute Gasteiger partial charge is 0.244 e. The lowest BCUT2D eigenvalue weighted by molar-refractivity contribution is -0.138. The van der Waals surface area contributed by atoms with Gasteiger partial charge in [-0.1, -0.05) is 37.3 Å². The molecule has 1 saturated heterocycles. The molecule has 0 saturated carbocycles. The van der Waals surface area contributed by atoms with Crippen molar-refractivity contribution in [2.24, 2.45) is 5.92 Å². The van der Waals surface area contributed by atoms with E-state index in [1.807, 2.05) is 43.9 Å². The summed E-state index contributed by atoms with van der Waals surface area (Å²) in [6, 6.07) is 9.87. The van der Waals surface area contributed by atoms with Gasteiger partial charge in [-0.2, -0.15) is 0 Å². The van der Waals surface area contributed by atoms with Crippen molar-refractivity contribution in [2.75, 3.05) is 32.7 Å². The average molecular weight is 374 g/mol. The van der Waals surface area contributed by atoms with E-state index in [0.29, 0.717) is 18.9 Å². The van der Waals surface area contributed by atoms with Gasteiger partial charge >= 0.3 is 0 Å². The number of rotatable bonds is 9. The summed E-state index contributed by atoms with van der Waals surface area (Å²) in [5, 5.41) is 3.07. The van der Waals surface area contributed by atoms with Crippen LogP contribution in [0.2, 0.25) is 0 Å². The molecular weight excluding hydrogens is 338 g/mol. The van der Waals surface area contributed by atoms with Crippen LogP contribution in [0.5, 0.6) is 0 Å². The van der Waals surface area contributed by atoms with Gasteiger partial charge in [0.15, 0.2) is 0 Å². The first-order valence-electron chi connectivity index (χ1n) is 10.4. The fraction of sp³-hybridized carbons (Fsp3) is 0.636. The summed E-state index contributed by atoms with van der Waals surface area (Å²) in [4.78, 5) is 29.3. The fourth-order valence-corrected chi connectivity index (χ4v) is 3.93. The maximum atomic E-state index is 13.3. The van der Waals surface area contributed by atoms with Crippen molar-refractivity contribution in [3.8, 4) is 0 Å². The standard InChI is InChI=1S/C22H35N3O2/c1-4-11-20(26)23-16-18-12-10-15-25(17-18)21(19-13-8-7-9-14-19)22(27)24(5-2)6-3/h7-9,13-14,18,21H,4-6,10-12,15-17H2,1-3H3,(H,23,26). The van der Waals surface area contributed by atoms with Crippen LogP contribution in [-0.2, 0) is 9.59 Å². The summed E-state index contributed by atoms with van der Waals surface area (Å²) in [5.41, 5.74) is 1.06. The van der Waals surface area contributed by atoms with Crippen molar-refractivity contribution in [3.05, 3.63) is 35.9 Å². The molecule has 5 heteroatoms. The summed E-state index contributed by atoms with van der Waals surface area (Å²) >= 11 is 0. The quantitative estimate of drug-likeness (QED) is 0.723. The Labute approximate surface area is 164 Å². The van der Waals surface area contributed by atoms with Crippen LogP contribution in [0.4, 0.5) is 0 Å². The third kappa shape index (κ3) is 6.06. The lowest BCUT2D eigenvalue weighted by Gasteiger charge is -2.39. The Kier molecular flexibility index (Phi) is 8.79. The van der Waals surface area contributed by atoms with Gasteiger partial charge in [-0.05, 0) is 51.1 Å². The number of carbonyl (C=O) groups excluding carboxylic acids is 2. The number of hydrogen-bond acceptors (Lipinski definition) is 3. The zero-order chi connectivity index (χ0) is 19.6. The van der Waals surface area contributed by atoms with Crippen LogP contribution in [0.25, 0.3) is 0 Å². The van der Waals surface area contributed by atoms with E-state index in [1.165, 1.54) is 0 Å². The number of amides is 2. The molecule has 1 N–H and O–H groups in total. The molecule has 1 aliphatic rings. The number of nitrogens with one attached hydrogen (secondary N) is 1. The van der Waals surface area contributed by atoms with Crippen LogP contribution in [-0.4, -0.2) is 54.3 Å². The van der Waals surface area contributed by atoms with Gasteiger partial charge in [0, 0.05) is 32.6 Å². The van der Waals surface area contributed by atoms with E-state index in [4.69, 9.17) is 0 Å². The van der Waals surface area contributed by atoms with Gasteiger partial charge in [0.25, 0.3) is 0 Å². The predicted molar refractivity (Wildman–Crippen MR) is 109 cm³/mol. The minimum atomic E-state index is -0.236. The highest BCUT2D eigenvalue weighted by atomic mass is 16.2. The first-order valence-corrected chi connectivity index (χ1v) is 10.4. The van der Waals surface area contributed by atoms with Gasteiger partial charge in [0.1, 0.15) is 6.04 Å². The monoisotopic (exact) mass is 373 g/mol. The van der Waals surface area contributed by atoms with Crippen LogP contribution >= 0.6 is 0 Å². The molecule has 2 atom stereocenters. The Morgan fingerprint density at radius 2 is 1.89 bits per heavy atom. The van der Waals surface area contributed by atoms with Crippen LogP contribution in [0, 0.1) is 5.92 Å². The van der Waals surface area contributed by atoms with E-state index < -0.39 is 0 Å². The third-order valence-corrected chi connectivity index (χ3v) is 5.40. The molecule has 2 amide bonds. The van der Waals surface area contributed by atoms with Gasteiger partial charge in [-0.25, -0.2) is 0 Å². The van der Waals surface area contributed by atoms with Crippen molar-refractivity contribution >= 4 is 11.8 Å². The summed E-state index contributed by atoms with van der Waals surface area (Å²) in [5.74, 6) is 0.714. The van der Waals surface area contributed by atoms with Crippen LogP contribution in [0.15, 0.2) is 30.3 Å². The second kappa shape index (κ2) is 11.1. The maximum absolute atomic E-state index is 13.3. The lowest BCUT2D eigenvalue weighted by atomic mass is 9.94. The highest BCUT2D eigenvalue weighted by Crippen LogP contribution is 2.28. The summed E-state index contributed by atoms with van der Waals surface area (Å²) in [7, 11) is 0. The molecule has 0 spiro atoms. The largest absolute Gasteiger partial charge is 0.356 e. The molecule has 2 rings (SSSR count). The molecule has 1 aliphatic heterocycles. The topological polar surface area (TPSA) is 52.7 Å². The van der Waals surface area contributed by atoms with Crippen molar-refractivity contribution in [3.63, 3.8) is 0 Å². The van der Waals surface area contributed by atoms with Gasteiger partial charge < -0.3 is 10.2 Å². The van der Waals surface area contributed by atoms with Gasteiger partial charge in [0.05, 0.1) is 0 Å². The van der Waals surface area contributed by atoms with Crippen LogP contribution in [0.1, 0.15) is 58.1 Å². The zero-order valence-corrected chi connectivity index (χ0v) is 17.1. The number of benzene rings is 1. The predicted octanol–water partition coefficient (Wildman–Crippen LogP) is 3.22. The lowest BCUT2D eigenvalue weighted by Crippen LogP contribution is -2.48. The molecule has 1 fully saturated rings. The number of nitrogens with zero attached hydrogens (tertiary/aromatic N) is 2. The molecule has 0 aromatic heterocycles. The normalized spacial score (nSPS) is 18.7. The number of piperidine rings is 1. The molecule has 0 radical (unpaired) electrons. The summed E-state index contributed by atoms with van der Waals surface area (Å²) in [6.45, 7) is 10.0. The Hall–Kier alpha value is -1.88. The minimum Gasteiger partial charge on any atom is -0.356 e. The van der Waals surface area contributed by atoms with E-state index >= 15 is 0 Å². The minimum absolute atomic E-state index is 0.133. The third-order valence-electron chi connectivity index (χ3n) is 5.40. The second-order valence-electron chi connectivity index (χ2n) is 7.38. The Morgan fingerprint density at radius 3 is 2.52 bits per heavy atom. The van der Waals surface area contributed by atoms with Crippen LogP contribution < -0.4 is 5.32 Å². The maximum Gasteiger partial charge on any atom is 0.244 e. The highest BCUT2D eigenvalue weighted by Gasteiger charge is 2.33. The molecule has 1 aromatic carbocycles. The fourth-order valence-electron chi connectivity index (χ4n) is 3.93. The molecule has 0 bridgehead atoms. The van der Waals surface area contributed by atoms with Gasteiger partial charge in [-0.15, -0.1) is 0 Å². The van der Waals surface area contributed by atoms with E-state index in [9.17, 15) is 9.59 Å². The molecular formula is C22H35N3O2. The van der Waals surface area contributed by atoms with Gasteiger partial charge in [-0.3, -0.25) is 14.5 Å². The van der Waals surface area contributed by atoms with Crippen molar-refractivity contribution in [1.29, 1.82) is 0 Å². The van der Waals surface area contributed by atoms with Gasteiger partial charge in [0.2, 0.25) is 11.8 Å². The number of hydrogen-bond donors (Lipinski definition) is 1. The molecule has 1 heterocycles. The first kappa shape index (κ1) is 21.4. The number of carbonyl (C=O) groups is 2. The first-order chi connectivity index (χ1) is 13.1. The second-order valence-corrected chi connectivity index (χ2v) is 7.38. The zero-order valence-electron chi connectivity index (χ0n) is 17.1.